The zero-order valence-corrected chi connectivity index (χ0v) is 21.7. The molecule has 4 aliphatic carbocycles. The Balaban J connectivity index is 0.00000156. The Morgan fingerprint density at radius 1 is 1.11 bits per heavy atom. The molecule has 2 unspecified atom stereocenters. The van der Waals surface area contributed by atoms with Crippen molar-refractivity contribution in [3.8, 4) is 11.8 Å². The van der Waals surface area contributed by atoms with Crippen LogP contribution in [0.1, 0.15) is 70.4 Å². The number of para-hydroxylation sites is 1. The van der Waals surface area contributed by atoms with E-state index in [1.807, 2.05) is 13.8 Å². The van der Waals surface area contributed by atoms with Crippen molar-refractivity contribution >= 4 is 11.8 Å². The fourth-order valence-corrected chi connectivity index (χ4v) is 7.18. The summed E-state index contributed by atoms with van der Waals surface area (Å²) in [6, 6.07) is 8.09. The maximum atomic E-state index is 12.7. The lowest BCUT2D eigenvalue weighted by atomic mass is 9.46. The van der Waals surface area contributed by atoms with Crippen molar-refractivity contribution in [3.05, 3.63) is 41.6 Å². The monoisotopic (exact) mass is 515 g/mol. The number of nitrogens with one attached hydrogen (secondary N) is 2. The second-order valence-corrected chi connectivity index (χ2v) is 10.5. The lowest BCUT2D eigenvalue weighted by molar-refractivity contribution is -0.274. The minimum absolute atomic E-state index is 0.0466. The van der Waals surface area contributed by atoms with Crippen molar-refractivity contribution in [1.82, 2.24) is 9.97 Å². The molecule has 1 heterocycles. The SMILES string of the molecule is CC.CCC1C2CC3CC1CC(CNc1nc(NCc4ccccc4OC(F)(F)F)ncc1C#N)(C3)C2. The second kappa shape index (κ2) is 11.2. The molecule has 4 fully saturated rings. The molecule has 0 amide bonds. The molecule has 2 atom stereocenters. The summed E-state index contributed by atoms with van der Waals surface area (Å²) in [4.78, 5) is 8.67. The average Bonchev–Trinajstić information content (AvgIpc) is 2.87. The van der Waals surface area contributed by atoms with Crippen molar-refractivity contribution in [1.29, 1.82) is 5.26 Å². The summed E-state index contributed by atoms with van der Waals surface area (Å²) >= 11 is 0. The molecule has 4 bridgehead atoms. The maximum Gasteiger partial charge on any atom is 0.573 e. The number of aromatic nitrogens is 2. The van der Waals surface area contributed by atoms with Gasteiger partial charge in [0, 0.05) is 18.7 Å². The van der Waals surface area contributed by atoms with Crippen LogP contribution in [0, 0.1) is 40.4 Å². The van der Waals surface area contributed by atoms with E-state index in [0.717, 1.165) is 30.2 Å². The van der Waals surface area contributed by atoms with E-state index in [2.05, 4.69) is 38.3 Å². The van der Waals surface area contributed by atoms with Crippen LogP contribution in [0.5, 0.6) is 5.75 Å². The van der Waals surface area contributed by atoms with Crippen LogP contribution in [-0.2, 0) is 6.54 Å². The largest absolute Gasteiger partial charge is 0.573 e. The molecule has 37 heavy (non-hydrogen) atoms. The number of ether oxygens (including phenoxy) is 1. The molecule has 2 aromatic rings. The zero-order chi connectivity index (χ0) is 26.6. The summed E-state index contributed by atoms with van der Waals surface area (Å²) in [6.07, 6.45) is 4.37. The van der Waals surface area contributed by atoms with E-state index in [0.29, 0.717) is 16.9 Å². The summed E-state index contributed by atoms with van der Waals surface area (Å²) in [5.41, 5.74) is 0.931. The van der Waals surface area contributed by atoms with Gasteiger partial charge in [0.05, 0.1) is 6.20 Å². The molecule has 0 saturated heterocycles. The molecule has 6 nitrogen and oxygen atoms in total. The van der Waals surface area contributed by atoms with Crippen molar-refractivity contribution in [2.75, 3.05) is 17.2 Å². The Morgan fingerprint density at radius 2 is 1.81 bits per heavy atom. The third kappa shape index (κ3) is 6.11. The van der Waals surface area contributed by atoms with E-state index in [9.17, 15) is 18.4 Å². The molecule has 9 heteroatoms. The number of anilines is 2. The first kappa shape index (κ1) is 27.0. The fourth-order valence-electron chi connectivity index (χ4n) is 7.18. The van der Waals surface area contributed by atoms with Gasteiger partial charge in [0.15, 0.2) is 0 Å². The van der Waals surface area contributed by atoms with Crippen LogP contribution in [0.2, 0.25) is 0 Å². The first-order chi connectivity index (χ1) is 17.8. The molecule has 0 radical (unpaired) electrons. The lowest BCUT2D eigenvalue weighted by Gasteiger charge is -2.60. The van der Waals surface area contributed by atoms with Crippen LogP contribution >= 0.6 is 0 Å². The number of nitrogens with zero attached hydrogens (tertiary/aromatic N) is 3. The number of hydrogen-bond donors (Lipinski definition) is 2. The molecule has 1 aromatic carbocycles. The van der Waals surface area contributed by atoms with E-state index < -0.39 is 6.36 Å². The van der Waals surface area contributed by atoms with Gasteiger partial charge in [-0.1, -0.05) is 45.4 Å². The van der Waals surface area contributed by atoms with Gasteiger partial charge in [-0.25, -0.2) is 4.98 Å². The molecule has 200 valence electrons. The van der Waals surface area contributed by atoms with E-state index in [1.165, 1.54) is 56.9 Å². The highest BCUT2D eigenvalue weighted by atomic mass is 19.4. The van der Waals surface area contributed by atoms with Gasteiger partial charge in [0.1, 0.15) is 23.2 Å². The summed E-state index contributed by atoms with van der Waals surface area (Å²) in [5.74, 6) is 3.72. The minimum atomic E-state index is -4.77. The first-order valence-corrected chi connectivity index (χ1v) is 13.4. The number of alkyl halides is 3. The van der Waals surface area contributed by atoms with Crippen molar-refractivity contribution in [2.45, 2.75) is 72.2 Å². The first-order valence-electron chi connectivity index (χ1n) is 13.4. The maximum absolute atomic E-state index is 12.7. The van der Waals surface area contributed by atoms with Crippen LogP contribution in [0.15, 0.2) is 30.5 Å². The van der Waals surface area contributed by atoms with Gasteiger partial charge in [-0.2, -0.15) is 10.2 Å². The Kier molecular flexibility index (Phi) is 8.15. The van der Waals surface area contributed by atoms with Gasteiger partial charge >= 0.3 is 6.36 Å². The Morgan fingerprint density at radius 3 is 2.46 bits per heavy atom. The fraction of sp³-hybridized carbons (Fsp3) is 0.607. The van der Waals surface area contributed by atoms with Crippen LogP contribution in [0.3, 0.4) is 0 Å². The van der Waals surface area contributed by atoms with Gasteiger partial charge in [-0.05, 0) is 67.3 Å². The highest BCUT2D eigenvalue weighted by Crippen LogP contribution is 2.62. The third-order valence-electron chi connectivity index (χ3n) is 8.24. The molecular weight excluding hydrogens is 479 g/mol. The van der Waals surface area contributed by atoms with Gasteiger partial charge < -0.3 is 15.4 Å². The number of benzene rings is 1. The van der Waals surface area contributed by atoms with E-state index in [-0.39, 0.29) is 23.7 Å². The summed E-state index contributed by atoms with van der Waals surface area (Å²) in [7, 11) is 0. The molecule has 4 saturated carbocycles. The average molecular weight is 516 g/mol. The highest BCUT2D eigenvalue weighted by molar-refractivity contribution is 5.53. The quantitative estimate of drug-likeness (QED) is 0.388. The number of nitriles is 1. The Labute approximate surface area is 217 Å². The Hall–Kier alpha value is -3.02. The highest BCUT2D eigenvalue weighted by Gasteiger charge is 2.54. The Bertz CT molecular complexity index is 1100. The van der Waals surface area contributed by atoms with Gasteiger partial charge in [-0.3, -0.25) is 0 Å². The molecular formula is C28H36F3N5O. The van der Waals surface area contributed by atoms with E-state index >= 15 is 0 Å². The van der Waals surface area contributed by atoms with Crippen LogP contribution in [0.25, 0.3) is 0 Å². The van der Waals surface area contributed by atoms with Gasteiger partial charge in [0.25, 0.3) is 0 Å². The van der Waals surface area contributed by atoms with E-state index in [4.69, 9.17) is 0 Å². The van der Waals surface area contributed by atoms with Crippen molar-refractivity contribution in [3.63, 3.8) is 0 Å². The predicted octanol–water partition coefficient (Wildman–Crippen LogP) is 7.15. The molecule has 0 spiro atoms. The van der Waals surface area contributed by atoms with Crippen LogP contribution < -0.4 is 15.4 Å². The molecule has 4 aliphatic rings. The number of hydrogen-bond acceptors (Lipinski definition) is 6. The third-order valence-corrected chi connectivity index (χ3v) is 8.24. The van der Waals surface area contributed by atoms with Crippen LogP contribution in [0.4, 0.5) is 24.9 Å². The normalized spacial score (nSPS) is 27.6. The standard InChI is InChI=1S/C26H30F3N5O.C2H6/c1-2-21-18-7-16-8-19(21)11-25(9-16,10-18)15-33-23-20(12-30)14-32-24(34-23)31-13-17-5-3-4-6-22(17)35-26(27,28)29;1-2/h3-6,14,16,18-19,21H,2,7-11,13,15H2,1H3,(H2,31,32,33,34);1-2H3. The summed E-state index contributed by atoms with van der Waals surface area (Å²) in [5, 5.41) is 16.0. The predicted molar refractivity (Wildman–Crippen MR) is 137 cm³/mol. The van der Waals surface area contributed by atoms with Gasteiger partial charge in [-0.15, -0.1) is 13.2 Å². The molecule has 1 aromatic heterocycles. The molecule has 6 rings (SSSR count). The molecule has 2 N–H and O–H groups in total. The van der Waals surface area contributed by atoms with Crippen molar-refractivity contribution in [2.24, 2.45) is 29.1 Å². The van der Waals surface area contributed by atoms with E-state index in [1.54, 1.807) is 12.1 Å². The number of halogens is 3. The van der Waals surface area contributed by atoms with Crippen molar-refractivity contribution < 1.29 is 17.9 Å². The smallest absolute Gasteiger partial charge is 0.405 e. The number of rotatable bonds is 8. The minimum Gasteiger partial charge on any atom is -0.405 e. The molecule has 0 aliphatic heterocycles. The topological polar surface area (TPSA) is 82.9 Å². The zero-order valence-electron chi connectivity index (χ0n) is 21.7. The second-order valence-electron chi connectivity index (χ2n) is 10.5. The van der Waals surface area contributed by atoms with Gasteiger partial charge in [0.2, 0.25) is 5.95 Å². The lowest BCUT2D eigenvalue weighted by Crippen LogP contribution is -2.53. The summed E-state index contributed by atoms with van der Waals surface area (Å²) < 4.78 is 42.2. The summed E-state index contributed by atoms with van der Waals surface area (Å²) in [6.45, 7) is 7.14. The van der Waals surface area contributed by atoms with Crippen LogP contribution in [-0.4, -0.2) is 22.9 Å².